The number of amides is 1. The molecule has 0 saturated heterocycles. The number of hydrogen-bond acceptors (Lipinski definition) is 6. The van der Waals surface area contributed by atoms with E-state index in [9.17, 15) is 19.8 Å². The van der Waals surface area contributed by atoms with Gasteiger partial charge in [-0.3, -0.25) is 4.79 Å². The maximum absolute atomic E-state index is 11.6. The molecule has 1 atom stereocenters. The van der Waals surface area contributed by atoms with Crippen molar-refractivity contribution < 1.29 is 29.6 Å². The van der Waals surface area contributed by atoms with Crippen molar-refractivity contribution in [3.8, 4) is 11.5 Å². The molecular formula is C11H13NO6. The summed E-state index contributed by atoms with van der Waals surface area (Å²) in [6.07, 6.45) is -1.47. The molecular weight excluding hydrogens is 242 g/mol. The van der Waals surface area contributed by atoms with Gasteiger partial charge < -0.3 is 25.4 Å². The minimum Gasteiger partial charge on any atom is -0.508 e. The van der Waals surface area contributed by atoms with Crippen LogP contribution >= 0.6 is 0 Å². The summed E-state index contributed by atoms with van der Waals surface area (Å²) in [6, 6.07) is 3.45. The van der Waals surface area contributed by atoms with Crippen LogP contribution in [0.4, 0.5) is 0 Å². The van der Waals surface area contributed by atoms with E-state index in [0.29, 0.717) is 0 Å². The second-order valence-electron chi connectivity index (χ2n) is 3.45. The molecule has 0 aliphatic rings. The molecule has 98 valence electrons. The Balaban J connectivity index is 2.63. The molecule has 18 heavy (non-hydrogen) atoms. The first kappa shape index (κ1) is 13.8. The molecule has 0 fully saturated rings. The van der Waals surface area contributed by atoms with Gasteiger partial charge in [0.1, 0.15) is 11.5 Å². The van der Waals surface area contributed by atoms with Gasteiger partial charge in [-0.05, 0) is 12.1 Å². The van der Waals surface area contributed by atoms with Crippen LogP contribution in [0, 0.1) is 0 Å². The van der Waals surface area contributed by atoms with Crippen molar-refractivity contribution in [2.24, 2.45) is 0 Å². The van der Waals surface area contributed by atoms with E-state index in [1.165, 1.54) is 12.1 Å². The van der Waals surface area contributed by atoms with Crippen molar-refractivity contribution in [1.82, 2.24) is 5.32 Å². The van der Waals surface area contributed by atoms with Gasteiger partial charge in [-0.25, -0.2) is 4.79 Å². The summed E-state index contributed by atoms with van der Waals surface area (Å²) in [5, 5.41) is 29.9. The molecule has 1 aromatic rings. The summed E-state index contributed by atoms with van der Waals surface area (Å²) < 4.78 is 4.27. The maximum Gasteiger partial charge on any atom is 0.336 e. The number of aliphatic hydroxyl groups excluding tert-OH is 1. The number of esters is 1. The number of hydrogen-bond donors (Lipinski definition) is 4. The lowest BCUT2D eigenvalue weighted by atomic mass is 10.1. The Kier molecular flexibility index (Phi) is 4.50. The Hall–Kier alpha value is -2.28. The summed E-state index contributed by atoms with van der Waals surface area (Å²) in [7, 11) is 1.11. The standard InChI is InChI=1S/C11H13NO6/c1-18-11(17)9(15)5-12-10(16)7-3-2-6(13)4-8(7)14/h2-4,9,13-15H,5H2,1H3,(H,12,16). The Bertz CT molecular complexity index is 459. The van der Waals surface area contributed by atoms with Crippen LogP contribution in [0.1, 0.15) is 10.4 Å². The second-order valence-corrected chi connectivity index (χ2v) is 3.45. The topological polar surface area (TPSA) is 116 Å². The van der Waals surface area contributed by atoms with Crippen molar-refractivity contribution in [2.45, 2.75) is 6.10 Å². The number of aliphatic hydroxyl groups is 1. The minimum atomic E-state index is -1.47. The van der Waals surface area contributed by atoms with Crippen LogP contribution in [0.25, 0.3) is 0 Å². The quantitative estimate of drug-likeness (QED) is 0.532. The highest BCUT2D eigenvalue weighted by Gasteiger charge is 2.18. The first-order valence-electron chi connectivity index (χ1n) is 5.01. The van der Waals surface area contributed by atoms with Crippen molar-refractivity contribution in [2.75, 3.05) is 13.7 Å². The fourth-order valence-corrected chi connectivity index (χ4v) is 1.22. The number of nitrogens with one attached hydrogen (secondary N) is 1. The van der Waals surface area contributed by atoms with Crippen molar-refractivity contribution in [1.29, 1.82) is 0 Å². The van der Waals surface area contributed by atoms with Crippen molar-refractivity contribution >= 4 is 11.9 Å². The second kappa shape index (κ2) is 5.87. The van der Waals surface area contributed by atoms with Crippen LogP contribution in [0.5, 0.6) is 11.5 Å². The summed E-state index contributed by atoms with van der Waals surface area (Å²) in [6.45, 7) is -0.341. The van der Waals surface area contributed by atoms with Gasteiger partial charge in [0.05, 0.1) is 19.2 Å². The minimum absolute atomic E-state index is 0.0788. The van der Waals surface area contributed by atoms with Crippen LogP contribution in [-0.2, 0) is 9.53 Å². The van der Waals surface area contributed by atoms with E-state index < -0.39 is 23.7 Å². The highest BCUT2D eigenvalue weighted by Crippen LogP contribution is 2.22. The summed E-state index contributed by atoms with van der Waals surface area (Å²) >= 11 is 0. The molecule has 0 heterocycles. The van der Waals surface area contributed by atoms with Gasteiger partial charge in [-0.1, -0.05) is 0 Å². The van der Waals surface area contributed by atoms with E-state index in [1.54, 1.807) is 0 Å². The zero-order valence-corrected chi connectivity index (χ0v) is 9.58. The fourth-order valence-electron chi connectivity index (χ4n) is 1.22. The normalized spacial score (nSPS) is 11.7. The third kappa shape index (κ3) is 3.36. The predicted octanol–water partition coefficient (Wildman–Crippen LogP) is -0.639. The fraction of sp³-hybridized carbons (Fsp3) is 0.273. The molecule has 1 unspecified atom stereocenters. The lowest BCUT2D eigenvalue weighted by Gasteiger charge is -2.10. The number of phenolic OH excluding ortho intramolecular Hbond substituents is 2. The van der Waals surface area contributed by atoms with Gasteiger partial charge in [-0.2, -0.15) is 0 Å². The molecule has 7 heteroatoms. The molecule has 1 rings (SSSR count). The van der Waals surface area contributed by atoms with E-state index in [-0.39, 0.29) is 17.9 Å². The molecule has 7 nitrogen and oxygen atoms in total. The van der Waals surface area contributed by atoms with Crippen molar-refractivity contribution in [3.63, 3.8) is 0 Å². The first-order chi connectivity index (χ1) is 8.45. The van der Waals surface area contributed by atoms with E-state index >= 15 is 0 Å². The molecule has 0 aliphatic heterocycles. The summed E-state index contributed by atoms with van der Waals surface area (Å²) in [5.41, 5.74) is -0.0788. The summed E-state index contributed by atoms with van der Waals surface area (Å²) in [4.78, 5) is 22.4. The average Bonchev–Trinajstić information content (AvgIpc) is 2.34. The van der Waals surface area contributed by atoms with Gasteiger partial charge in [-0.15, -0.1) is 0 Å². The molecule has 1 amide bonds. The highest BCUT2D eigenvalue weighted by molar-refractivity contribution is 5.97. The van der Waals surface area contributed by atoms with Gasteiger partial charge in [0, 0.05) is 6.07 Å². The number of ether oxygens (including phenoxy) is 1. The third-order valence-electron chi connectivity index (χ3n) is 2.16. The van der Waals surface area contributed by atoms with Gasteiger partial charge in [0.2, 0.25) is 0 Å². The molecule has 0 aromatic heterocycles. The van der Waals surface area contributed by atoms with E-state index in [0.717, 1.165) is 13.2 Å². The van der Waals surface area contributed by atoms with E-state index in [4.69, 9.17) is 5.11 Å². The number of rotatable bonds is 4. The van der Waals surface area contributed by atoms with Gasteiger partial charge >= 0.3 is 5.97 Å². The Morgan fingerprint density at radius 2 is 2.06 bits per heavy atom. The number of methoxy groups -OCH3 is 1. The Morgan fingerprint density at radius 3 is 2.61 bits per heavy atom. The molecule has 4 N–H and O–H groups in total. The monoisotopic (exact) mass is 255 g/mol. The molecule has 1 aromatic carbocycles. The van der Waals surface area contributed by atoms with Crippen LogP contribution in [0.15, 0.2) is 18.2 Å². The van der Waals surface area contributed by atoms with Crippen LogP contribution in [0.3, 0.4) is 0 Å². The molecule has 0 spiro atoms. The SMILES string of the molecule is COC(=O)C(O)CNC(=O)c1ccc(O)cc1O. The van der Waals surface area contributed by atoms with E-state index in [1.807, 2.05) is 0 Å². The summed E-state index contributed by atoms with van der Waals surface area (Å²) in [5.74, 6) is -2.14. The van der Waals surface area contributed by atoms with E-state index in [2.05, 4.69) is 10.1 Å². The van der Waals surface area contributed by atoms with Crippen LogP contribution in [-0.4, -0.2) is 47.0 Å². The number of carbonyl (C=O) groups excluding carboxylic acids is 2. The molecule has 0 radical (unpaired) electrons. The third-order valence-corrected chi connectivity index (χ3v) is 2.16. The molecule has 0 saturated carbocycles. The van der Waals surface area contributed by atoms with Crippen LogP contribution in [0.2, 0.25) is 0 Å². The zero-order chi connectivity index (χ0) is 13.7. The molecule has 0 bridgehead atoms. The number of phenols is 2. The maximum atomic E-state index is 11.6. The van der Waals surface area contributed by atoms with Crippen molar-refractivity contribution in [3.05, 3.63) is 23.8 Å². The highest BCUT2D eigenvalue weighted by atomic mass is 16.5. The lowest BCUT2D eigenvalue weighted by molar-refractivity contribution is -0.149. The van der Waals surface area contributed by atoms with Gasteiger partial charge in [0.15, 0.2) is 6.10 Å². The Morgan fingerprint density at radius 1 is 1.39 bits per heavy atom. The van der Waals surface area contributed by atoms with Crippen LogP contribution < -0.4 is 5.32 Å². The van der Waals surface area contributed by atoms with Gasteiger partial charge in [0.25, 0.3) is 5.91 Å². The smallest absolute Gasteiger partial charge is 0.336 e. The number of aromatic hydroxyl groups is 2. The average molecular weight is 255 g/mol. The zero-order valence-electron chi connectivity index (χ0n) is 9.58. The molecule has 0 aliphatic carbocycles. The largest absolute Gasteiger partial charge is 0.508 e. The number of carbonyl (C=O) groups is 2. The Labute approximate surface area is 103 Å². The lowest BCUT2D eigenvalue weighted by Crippen LogP contribution is -2.37. The predicted molar refractivity (Wildman–Crippen MR) is 60.1 cm³/mol. The first-order valence-corrected chi connectivity index (χ1v) is 5.01. The number of benzene rings is 1.